The summed E-state index contributed by atoms with van der Waals surface area (Å²) < 4.78 is 12.3. The van der Waals surface area contributed by atoms with Crippen molar-refractivity contribution >= 4 is 22.6 Å². The average Bonchev–Trinajstić information content (AvgIpc) is 2.80. The number of aromatic hydroxyl groups is 1. The molecule has 2 aromatic carbocycles. The van der Waals surface area contributed by atoms with Crippen LogP contribution >= 0.6 is 0 Å². The molecule has 4 aromatic rings. The van der Waals surface area contributed by atoms with E-state index in [9.17, 15) is 14.7 Å². The molecule has 8 heteroatoms. The lowest BCUT2D eigenvalue weighted by molar-refractivity contribution is 0.102. The highest BCUT2D eigenvalue weighted by Gasteiger charge is 2.24. The third-order valence-electron chi connectivity index (χ3n) is 4.95. The lowest BCUT2D eigenvalue weighted by Crippen LogP contribution is -2.29. The molecule has 3 heterocycles. The minimum atomic E-state index is -0.741. The third kappa shape index (κ3) is 3.24. The molecule has 0 fully saturated rings. The fourth-order valence-electron chi connectivity index (χ4n) is 3.54. The molecule has 0 saturated heterocycles. The molecule has 154 valence electrons. The van der Waals surface area contributed by atoms with Crippen LogP contribution in [0, 0.1) is 0 Å². The quantitative estimate of drug-likeness (QED) is 0.533. The standard InChI is InChI=1S/C23H17N3O5/c27-20-16-7-4-10-24-21(16)26(15-5-2-1-3-6-15)23(29)19(20)22(28)25-14-8-9-17-18(13-14)31-12-11-30-17/h1-10,13,27H,11-12H2,(H,25,28). The van der Waals surface area contributed by atoms with Gasteiger partial charge in [-0.25, -0.2) is 4.98 Å². The Bertz CT molecular complexity index is 1370. The summed E-state index contributed by atoms with van der Waals surface area (Å²) in [6.07, 6.45) is 1.52. The number of nitrogens with one attached hydrogen (secondary N) is 1. The van der Waals surface area contributed by atoms with Crippen molar-refractivity contribution in [3.8, 4) is 22.9 Å². The summed E-state index contributed by atoms with van der Waals surface area (Å²) >= 11 is 0. The smallest absolute Gasteiger partial charge is 0.273 e. The van der Waals surface area contributed by atoms with Gasteiger partial charge < -0.3 is 19.9 Å². The van der Waals surface area contributed by atoms with E-state index < -0.39 is 17.2 Å². The molecule has 0 saturated carbocycles. The lowest BCUT2D eigenvalue weighted by Gasteiger charge is -2.19. The number of nitrogens with zero attached hydrogens (tertiary/aromatic N) is 2. The zero-order chi connectivity index (χ0) is 21.4. The van der Waals surface area contributed by atoms with Crippen LogP contribution in [0.1, 0.15) is 10.4 Å². The molecule has 2 aromatic heterocycles. The Labute approximate surface area is 176 Å². The Morgan fingerprint density at radius 1 is 1.00 bits per heavy atom. The van der Waals surface area contributed by atoms with Gasteiger partial charge in [-0.3, -0.25) is 14.2 Å². The molecule has 8 nitrogen and oxygen atoms in total. The van der Waals surface area contributed by atoms with Gasteiger partial charge in [0.2, 0.25) is 0 Å². The molecule has 31 heavy (non-hydrogen) atoms. The van der Waals surface area contributed by atoms with Crippen molar-refractivity contribution in [2.24, 2.45) is 0 Å². The number of carbonyl (C=O) groups excluding carboxylic acids is 1. The fourth-order valence-corrected chi connectivity index (χ4v) is 3.54. The Hall–Kier alpha value is -4.33. The van der Waals surface area contributed by atoms with Gasteiger partial charge in [0.05, 0.1) is 11.1 Å². The van der Waals surface area contributed by atoms with Gasteiger partial charge in [-0.2, -0.15) is 0 Å². The van der Waals surface area contributed by atoms with E-state index in [1.54, 1.807) is 54.6 Å². The second kappa shape index (κ2) is 7.49. The molecular formula is C23H17N3O5. The van der Waals surface area contributed by atoms with Crippen LogP contribution in [-0.2, 0) is 0 Å². The highest BCUT2D eigenvalue weighted by Crippen LogP contribution is 2.33. The van der Waals surface area contributed by atoms with Crippen LogP contribution < -0.4 is 20.3 Å². The van der Waals surface area contributed by atoms with Crippen LogP contribution in [0.15, 0.2) is 71.7 Å². The van der Waals surface area contributed by atoms with Crippen molar-refractivity contribution in [3.63, 3.8) is 0 Å². The maximum absolute atomic E-state index is 13.3. The minimum absolute atomic E-state index is 0.257. The number of pyridine rings is 2. The van der Waals surface area contributed by atoms with Crippen molar-refractivity contribution in [2.75, 3.05) is 18.5 Å². The van der Waals surface area contributed by atoms with Gasteiger partial charge in [0.1, 0.15) is 24.5 Å². The monoisotopic (exact) mass is 415 g/mol. The maximum Gasteiger partial charge on any atom is 0.273 e. The van der Waals surface area contributed by atoms with Crippen molar-refractivity contribution < 1.29 is 19.4 Å². The molecule has 0 aliphatic carbocycles. The maximum atomic E-state index is 13.3. The van der Waals surface area contributed by atoms with Gasteiger partial charge >= 0.3 is 0 Å². The van der Waals surface area contributed by atoms with Crippen LogP contribution in [0.25, 0.3) is 16.7 Å². The van der Waals surface area contributed by atoms with Crippen molar-refractivity contribution in [1.82, 2.24) is 9.55 Å². The topological polar surface area (TPSA) is 103 Å². The van der Waals surface area contributed by atoms with E-state index in [2.05, 4.69) is 10.3 Å². The Morgan fingerprint density at radius 3 is 2.58 bits per heavy atom. The highest BCUT2D eigenvalue weighted by molar-refractivity contribution is 6.09. The Balaban J connectivity index is 1.63. The SMILES string of the molecule is O=C(Nc1ccc2c(c1)OCCO2)c1c(O)c2cccnc2n(-c2ccccc2)c1=O. The van der Waals surface area contributed by atoms with E-state index in [1.165, 1.54) is 10.8 Å². The molecule has 1 amide bonds. The number of para-hydroxylation sites is 1. The Morgan fingerprint density at radius 2 is 1.77 bits per heavy atom. The van der Waals surface area contributed by atoms with Gasteiger partial charge in [-0.05, 0) is 36.4 Å². The number of ether oxygens (including phenoxy) is 2. The number of amides is 1. The van der Waals surface area contributed by atoms with Crippen molar-refractivity contribution in [1.29, 1.82) is 0 Å². The summed E-state index contributed by atoms with van der Waals surface area (Å²) in [5.74, 6) is -0.0853. The summed E-state index contributed by atoms with van der Waals surface area (Å²) in [7, 11) is 0. The molecule has 0 atom stereocenters. The molecule has 0 unspecified atom stereocenters. The lowest BCUT2D eigenvalue weighted by atomic mass is 10.1. The molecule has 1 aliphatic rings. The number of fused-ring (bicyclic) bond motifs is 2. The number of hydrogen-bond acceptors (Lipinski definition) is 6. The normalized spacial score (nSPS) is 12.5. The average molecular weight is 415 g/mol. The number of rotatable bonds is 3. The summed E-state index contributed by atoms with van der Waals surface area (Å²) in [4.78, 5) is 30.7. The molecule has 5 rings (SSSR count). The highest BCUT2D eigenvalue weighted by atomic mass is 16.6. The van der Waals surface area contributed by atoms with Crippen LogP contribution in [0.5, 0.6) is 17.2 Å². The second-order valence-electron chi connectivity index (χ2n) is 6.89. The molecule has 0 spiro atoms. The van der Waals surface area contributed by atoms with Gasteiger partial charge in [0, 0.05) is 18.0 Å². The van der Waals surface area contributed by atoms with E-state index in [0.29, 0.717) is 41.5 Å². The first kappa shape index (κ1) is 18.7. The predicted molar refractivity (Wildman–Crippen MR) is 114 cm³/mol. The molecule has 2 N–H and O–H groups in total. The number of aromatic nitrogens is 2. The van der Waals surface area contributed by atoms with Crippen LogP contribution in [0.2, 0.25) is 0 Å². The predicted octanol–water partition coefficient (Wildman–Crippen LogP) is 3.11. The second-order valence-corrected chi connectivity index (χ2v) is 6.89. The first-order valence-electron chi connectivity index (χ1n) is 9.62. The molecule has 1 aliphatic heterocycles. The largest absolute Gasteiger partial charge is 0.506 e. The minimum Gasteiger partial charge on any atom is -0.506 e. The fraction of sp³-hybridized carbons (Fsp3) is 0.0870. The van der Waals surface area contributed by atoms with E-state index in [0.717, 1.165) is 0 Å². The number of anilines is 1. The van der Waals surface area contributed by atoms with Gasteiger partial charge in [-0.1, -0.05) is 18.2 Å². The van der Waals surface area contributed by atoms with Crippen LogP contribution in [0.3, 0.4) is 0 Å². The summed E-state index contributed by atoms with van der Waals surface area (Å²) in [6.45, 7) is 0.862. The van der Waals surface area contributed by atoms with Gasteiger partial charge in [0.25, 0.3) is 11.5 Å². The number of benzene rings is 2. The van der Waals surface area contributed by atoms with Crippen molar-refractivity contribution in [3.05, 3.63) is 82.8 Å². The molecular weight excluding hydrogens is 398 g/mol. The van der Waals surface area contributed by atoms with E-state index in [-0.39, 0.29) is 11.2 Å². The van der Waals surface area contributed by atoms with E-state index in [4.69, 9.17) is 9.47 Å². The summed E-state index contributed by atoms with van der Waals surface area (Å²) in [5.41, 5.74) is 0.145. The number of hydrogen-bond donors (Lipinski definition) is 2. The van der Waals surface area contributed by atoms with Crippen LogP contribution in [-0.4, -0.2) is 33.8 Å². The first-order valence-corrected chi connectivity index (χ1v) is 9.62. The summed E-state index contributed by atoms with van der Waals surface area (Å²) in [6, 6.07) is 17.0. The Kier molecular flexibility index (Phi) is 4.51. The van der Waals surface area contributed by atoms with E-state index in [1.807, 2.05) is 6.07 Å². The third-order valence-corrected chi connectivity index (χ3v) is 4.95. The molecule has 0 bridgehead atoms. The zero-order valence-corrected chi connectivity index (χ0v) is 16.2. The van der Waals surface area contributed by atoms with Gasteiger partial charge in [-0.15, -0.1) is 0 Å². The first-order chi connectivity index (χ1) is 15.1. The van der Waals surface area contributed by atoms with E-state index >= 15 is 0 Å². The zero-order valence-electron chi connectivity index (χ0n) is 16.2. The van der Waals surface area contributed by atoms with Crippen molar-refractivity contribution in [2.45, 2.75) is 0 Å². The van der Waals surface area contributed by atoms with Crippen LogP contribution in [0.4, 0.5) is 5.69 Å². The number of carbonyl (C=O) groups is 1. The molecule has 0 radical (unpaired) electrons. The summed E-state index contributed by atoms with van der Waals surface area (Å²) in [5, 5.41) is 13.7. The van der Waals surface area contributed by atoms with Gasteiger partial charge in [0.15, 0.2) is 17.1 Å².